The molecule has 2 rings (SSSR count). The van der Waals surface area contributed by atoms with Gasteiger partial charge in [-0.2, -0.15) is 0 Å². The Labute approximate surface area is 121 Å². The van der Waals surface area contributed by atoms with E-state index in [0.29, 0.717) is 11.3 Å². The normalized spacial score (nSPS) is 10.2. The number of aromatic nitrogens is 2. The number of carbonyl (C=O) groups excluding carboxylic acids is 1. The largest absolute Gasteiger partial charge is 0.397 e. The molecule has 1 aromatic carbocycles. The van der Waals surface area contributed by atoms with Crippen molar-refractivity contribution < 1.29 is 4.79 Å². The molecule has 104 valence electrons. The molecule has 2 aromatic rings. The summed E-state index contributed by atoms with van der Waals surface area (Å²) in [6, 6.07) is 6.60. The quantitative estimate of drug-likeness (QED) is 0.668. The number of amides is 1. The molecule has 0 unspecified atom stereocenters. The van der Waals surface area contributed by atoms with Crippen molar-refractivity contribution >= 4 is 34.8 Å². The average Bonchev–Trinajstić information content (AvgIpc) is 2.38. The van der Waals surface area contributed by atoms with Crippen molar-refractivity contribution in [3.05, 3.63) is 41.2 Å². The summed E-state index contributed by atoms with van der Waals surface area (Å²) in [7, 11) is 3.76. The second-order valence-electron chi connectivity index (χ2n) is 4.33. The Kier molecular flexibility index (Phi) is 4.05. The van der Waals surface area contributed by atoms with Crippen molar-refractivity contribution in [2.45, 2.75) is 0 Å². The van der Waals surface area contributed by atoms with Gasteiger partial charge < -0.3 is 10.6 Å². The predicted molar refractivity (Wildman–Crippen MR) is 80.2 cm³/mol. The van der Waals surface area contributed by atoms with Crippen LogP contribution in [-0.2, 0) is 0 Å². The molecule has 0 atom stereocenters. The average molecular weight is 292 g/mol. The molecule has 0 saturated carbocycles. The van der Waals surface area contributed by atoms with Gasteiger partial charge in [0.05, 0.1) is 11.4 Å². The van der Waals surface area contributed by atoms with Gasteiger partial charge in [0.25, 0.3) is 5.91 Å². The Balaban J connectivity index is 2.19. The Hall–Kier alpha value is -2.34. The molecule has 0 fully saturated rings. The Bertz CT molecular complexity index is 644. The lowest BCUT2D eigenvalue weighted by atomic mass is 10.1. The van der Waals surface area contributed by atoms with E-state index in [-0.39, 0.29) is 17.0 Å². The standard InChI is InChI=1S/C13H14ClN5O/c1-19(2)10-4-3-8(7-9(10)15)12(20)18-13-16-6-5-11(14)17-13/h3-7H,15H2,1-2H3,(H,16,17,18,20). The molecule has 0 bridgehead atoms. The highest BCUT2D eigenvalue weighted by Gasteiger charge is 2.10. The van der Waals surface area contributed by atoms with Gasteiger partial charge in [0.1, 0.15) is 5.15 Å². The van der Waals surface area contributed by atoms with Crippen LogP contribution in [0, 0.1) is 0 Å². The van der Waals surface area contributed by atoms with E-state index in [1.165, 1.54) is 12.3 Å². The molecule has 7 heteroatoms. The summed E-state index contributed by atoms with van der Waals surface area (Å²) in [6.07, 6.45) is 1.47. The molecular weight excluding hydrogens is 278 g/mol. The third-order valence-corrected chi connectivity index (χ3v) is 2.83. The smallest absolute Gasteiger partial charge is 0.258 e. The molecule has 0 aliphatic heterocycles. The molecular formula is C13H14ClN5O. The van der Waals surface area contributed by atoms with E-state index in [4.69, 9.17) is 17.3 Å². The summed E-state index contributed by atoms with van der Waals surface area (Å²) >= 11 is 5.73. The van der Waals surface area contributed by atoms with Crippen LogP contribution in [0.5, 0.6) is 0 Å². The summed E-state index contributed by atoms with van der Waals surface area (Å²) in [5.41, 5.74) is 7.70. The Morgan fingerprint density at radius 1 is 1.35 bits per heavy atom. The van der Waals surface area contributed by atoms with Gasteiger partial charge in [-0.25, -0.2) is 9.97 Å². The van der Waals surface area contributed by atoms with E-state index < -0.39 is 0 Å². The summed E-state index contributed by atoms with van der Waals surface area (Å²) in [5.74, 6) is -0.193. The fourth-order valence-electron chi connectivity index (χ4n) is 1.67. The number of carbonyl (C=O) groups is 1. The number of benzene rings is 1. The van der Waals surface area contributed by atoms with Crippen LogP contribution in [0.3, 0.4) is 0 Å². The lowest BCUT2D eigenvalue weighted by Crippen LogP contribution is -2.16. The zero-order chi connectivity index (χ0) is 14.7. The topological polar surface area (TPSA) is 84.1 Å². The van der Waals surface area contributed by atoms with Crippen molar-refractivity contribution in [1.82, 2.24) is 9.97 Å². The maximum Gasteiger partial charge on any atom is 0.258 e. The van der Waals surface area contributed by atoms with E-state index in [1.54, 1.807) is 18.2 Å². The highest BCUT2D eigenvalue weighted by Crippen LogP contribution is 2.22. The SMILES string of the molecule is CN(C)c1ccc(C(=O)Nc2nccc(Cl)n2)cc1N. The zero-order valence-corrected chi connectivity index (χ0v) is 11.8. The Morgan fingerprint density at radius 2 is 2.10 bits per heavy atom. The molecule has 0 spiro atoms. The van der Waals surface area contributed by atoms with Crippen molar-refractivity contribution in [3.8, 4) is 0 Å². The number of nitrogen functional groups attached to an aromatic ring is 1. The molecule has 0 aliphatic rings. The molecule has 1 amide bonds. The third kappa shape index (κ3) is 3.16. The molecule has 1 heterocycles. The number of halogens is 1. The first-order valence-corrected chi connectivity index (χ1v) is 6.22. The van der Waals surface area contributed by atoms with E-state index in [1.807, 2.05) is 19.0 Å². The lowest BCUT2D eigenvalue weighted by molar-refractivity contribution is 0.102. The fraction of sp³-hybridized carbons (Fsp3) is 0.154. The first-order chi connectivity index (χ1) is 9.47. The minimum atomic E-state index is -0.343. The van der Waals surface area contributed by atoms with Gasteiger partial charge in [-0.05, 0) is 24.3 Å². The lowest BCUT2D eigenvalue weighted by Gasteiger charge is -2.15. The molecule has 1 aromatic heterocycles. The van der Waals surface area contributed by atoms with E-state index in [9.17, 15) is 4.79 Å². The van der Waals surface area contributed by atoms with Gasteiger partial charge in [-0.3, -0.25) is 10.1 Å². The van der Waals surface area contributed by atoms with Gasteiger partial charge in [0, 0.05) is 25.9 Å². The number of nitrogens with two attached hydrogens (primary N) is 1. The number of rotatable bonds is 3. The van der Waals surface area contributed by atoms with Crippen molar-refractivity contribution in [1.29, 1.82) is 0 Å². The van der Waals surface area contributed by atoms with Crippen LogP contribution in [0.15, 0.2) is 30.5 Å². The van der Waals surface area contributed by atoms with E-state index in [0.717, 1.165) is 5.69 Å². The molecule has 0 radical (unpaired) electrons. The minimum absolute atomic E-state index is 0.151. The van der Waals surface area contributed by atoms with Gasteiger partial charge in [-0.1, -0.05) is 11.6 Å². The minimum Gasteiger partial charge on any atom is -0.397 e. The zero-order valence-electron chi connectivity index (χ0n) is 11.1. The summed E-state index contributed by atoms with van der Waals surface area (Å²) in [6.45, 7) is 0. The second kappa shape index (κ2) is 5.75. The van der Waals surface area contributed by atoms with Crippen LogP contribution in [0.25, 0.3) is 0 Å². The second-order valence-corrected chi connectivity index (χ2v) is 4.71. The Morgan fingerprint density at radius 3 is 2.70 bits per heavy atom. The molecule has 0 aliphatic carbocycles. The van der Waals surface area contributed by atoms with Crippen LogP contribution in [0.2, 0.25) is 5.15 Å². The van der Waals surface area contributed by atoms with Gasteiger partial charge in [0.2, 0.25) is 5.95 Å². The van der Waals surface area contributed by atoms with Crippen LogP contribution in [-0.4, -0.2) is 30.0 Å². The molecule has 6 nitrogen and oxygen atoms in total. The highest BCUT2D eigenvalue weighted by molar-refractivity contribution is 6.29. The summed E-state index contributed by atoms with van der Waals surface area (Å²) in [5, 5.41) is 2.82. The molecule has 0 saturated heterocycles. The maximum atomic E-state index is 12.1. The number of anilines is 3. The van der Waals surface area contributed by atoms with Crippen molar-refractivity contribution in [2.24, 2.45) is 0 Å². The fourth-order valence-corrected chi connectivity index (χ4v) is 1.81. The monoisotopic (exact) mass is 291 g/mol. The highest BCUT2D eigenvalue weighted by atomic mass is 35.5. The number of hydrogen-bond donors (Lipinski definition) is 2. The van der Waals surface area contributed by atoms with Crippen molar-refractivity contribution in [2.75, 3.05) is 30.0 Å². The van der Waals surface area contributed by atoms with Crippen LogP contribution in [0.1, 0.15) is 10.4 Å². The first kappa shape index (κ1) is 14.1. The summed E-state index contributed by atoms with van der Waals surface area (Å²) < 4.78 is 0. The maximum absolute atomic E-state index is 12.1. The van der Waals surface area contributed by atoms with Gasteiger partial charge in [-0.15, -0.1) is 0 Å². The number of nitrogens with zero attached hydrogens (tertiary/aromatic N) is 3. The van der Waals surface area contributed by atoms with Gasteiger partial charge >= 0.3 is 0 Å². The van der Waals surface area contributed by atoms with Crippen LogP contribution in [0.4, 0.5) is 17.3 Å². The van der Waals surface area contributed by atoms with Crippen LogP contribution < -0.4 is 16.0 Å². The molecule has 3 N–H and O–H groups in total. The molecule has 20 heavy (non-hydrogen) atoms. The van der Waals surface area contributed by atoms with E-state index >= 15 is 0 Å². The number of hydrogen-bond acceptors (Lipinski definition) is 5. The predicted octanol–water partition coefficient (Wildman–Crippen LogP) is 2.03. The van der Waals surface area contributed by atoms with E-state index in [2.05, 4.69) is 15.3 Å². The number of nitrogens with one attached hydrogen (secondary N) is 1. The summed E-state index contributed by atoms with van der Waals surface area (Å²) in [4.78, 5) is 21.7. The van der Waals surface area contributed by atoms with Crippen molar-refractivity contribution in [3.63, 3.8) is 0 Å². The first-order valence-electron chi connectivity index (χ1n) is 5.84. The third-order valence-electron chi connectivity index (χ3n) is 2.62. The van der Waals surface area contributed by atoms with Gasteiger partial charge in [0.15, 0.2) is 0 Å². The van der Waals surface area contributed by atoms with Crippen LogP contribution >= 0.6 is 11.6 Å².